The van der Waals surface area contributed by atoms with Crippen molar-refractivity contribution in [2.75, 3.05) is 0 Å². The second-order valence-corrected chi connectivity index (χ2v) is 4.75. The maximum Gasteiger partial charge on any atom is 0.419 e. The lowest BCUT2D eigenvalue weighted by Gasteiger charge is -2.21. The molecule has 1 aliphatic carbocycles. The number of alkyl halides is 6. The second kappa shape index (κ2) is 4.61. The van der Waals surface area contributed by atoms with Gasteiger partial charge in [0.05, 0.1) is 5.56 Å². The van der Waals surface area contributed by atoms with Crippen molar-refractivity contribution in [2.24, 2.45) is 0 Å². The molecule has 112 valence electrons. The van der Waals surface area contributed by atoms with E-state index in [1.165, 1.54) is 0 Å². The zero-order valence-corrected chi connectivity index (χ0v) is 10.00. The van der Waals surface area contributed by atoms with Gasteiger partial charge in [0.1, 0.15) is 11.4 Å². The molecule has 1 nitrogen and oxygen atoms in total. The molecule has 0 aliphatic heterocycles. The van der Waals surface area contributed by atoms with Crippen LogP contribution in [0, 0.1) is 5.82 Å². The van der Waals surface area contributed by atoms with Gasteiger partial charge in [-0.05, 0) is 30.5 Å². The van der Waals surface area contributed by atoms with Gasteiger partial charge in [0.15, 0.2) is 0 Å². The van der Waals surface area contributed by atoms with Gasteiger partial charge in [-0.15, -0.1) is 0 Å². The number of hydrogen-bond donors (Lipinski definition) is 1. The molecule has 1 saturated carbocycles. The Morgan fingerprint density at radius 1 is 1.05 bits per heavy atom. The maximum atomic E-state index is 13.0. The molecule has 0 radical (unpaired) electrons. The molecule has 1 N–H and O–H groups in total. The fourth-order valence-electron chi connectivity index (χ4n) is 1.86. The number of benzene rings is 1. The van der Waals surface area contributed by atoms with Gasteiger partial charge < -0.3 is 0 Å². The highest BCUT2D eigenvalue weighted by molar-refractivity contribution is 5.27. The second-order valence-electron chi connectivity index (χ2n) is 4.75. The first-order valence-electron chi connectivity index (χ1n) is 5.73. The quantitative estimate of drug-likeness (QED) is 0.831. The van der Waals surface area contributed by atoms with Crippen LogP contribution in [-0.4, -0.2) is 11.7 Å². The summed E-state index contributed by atoms with van der Waals surface area (Å²) in [6, 6.07) is 2.16. The lowest BCUT2D eigenvalue weighted by atomic mass is 10.1. The third-order valence-corrected chi connectivity index (χ3v) is 3.26. The SMILES string of the molecule is Fc1ccc(CNC2(C(F)(F)F)CC2)cc1C(F)(F)F. The van der Waals surface area contributed by atoms with E-state index < -0.39 is 35.8 Å². The van der Waals surface area contributed by atoms with Crippen molar-refractivity contribution >= 4 is 0 Å². The van der Waals surface area contributed by atoms with Gasteiger partial charge in [-0.25, -0.2) is 4.39 Å². The molecule has 1 aromatic rings. The molecule has 0 aromatic heterocycles. The summed E-state index contributed by atoms with van der Waals surface area (Å²) in [5.41, 5.74) is -3.54. The van der Waals surface area contributed by atoms with E-state index in [9.17, 15) is 30.7 Å². The largest absolute Gasteiger partial charge is 0.419 e. The Morgan fingerprint density at radius 3 is 2.10 bits per heavy atom. The lowest BCUT2D eigenvalue weighted by Crippen LogP contribution is -2.44. The summed E-state index contributed by atoms with van der Waals surface area (Å²) in [5, 5.41) is 2.21. The molecule has 1 aliphatic rings. The third kappa shape index (κ3) is 2.89. The number of hydrogen-bond acceptors (Lipinski definition) is 1. The first kappa shape index (κ1) is 15.1. The maximum absolute atomic E-state index is 13.0. The first-order valence-corrected chi connectivity index (χ1v) is 5.73. The van der Waals surface area contributed by atoms with Crippen LogP contribution in [0.1, 0.15) is 24.0 Å². The Kier molecular flexibility index (Phi) is 3.48. The zero-order valence-electron chi connectivity index (χ0n) is 10.00. The van der Waals surface area contributed by atoms with E-state index in [4.69, 9.17) is 0 Å². The minimum absolute atomic E-state index is 0.0470. The van der Waals surface area contributed by atoms with Gasteiger partial charge in [0, 0.05) is 6.54 Å². The predicted octanol–water partition coefficient (Wildman–Crippen LogP) is 4.03. The van der Waals surface area contributed by atoms with Crippen LogP contribution >= 0.6 is 0 Å². The van der Waals surface area contributed by atoms with Gasteiger partial charge in [-0.1, -0.05) is 6.07 Å². The van der Waals surface area contributed by atoms with E-state index in [-0.39, 0.29) is 18.4 Å². The molecule has 0 spiro atoms. The van der Waals surface area contributed by atoms with Crippen molar-refractivity contribution in [3.8, 4) is 0 Å². The molecule has 0 heterocycles. The summed E-state index contributed by atoms with van der Waals surface area (Å²) in [5.74, 6) is -1.45. The first-order chi connectivity index (χ1) is 9.05. The monoisotopic (exact) mass is 301 g/mol. The Labute approximate surface area is 109 Å². The van der Waals surface area contributed by atoms with Crippen LogP contribution < -0.4 is 5.32 Å². The molecule has 0 amide bonds. The number of nitrogens with one attached hydrogen (secondary N) is 1. The molecule has 2 rings (SSSR count). The standard InChI is InChI=1S/C12H10F7N/c13-9-2-1-7(5-8(9)11(14,15)16)6-20-10(3-4-10)12(17,18)19/h1-2,5,20H,3-4,6H2. The van der Waals surface area contributed by atoms with Crippen LogP contribution in [0.25, 0.3) is 0 Å². The van der Waals surface area contributed by atoms with Crippen molar-refractivity contribution in [1.29, 1.82) is 0 Å². The van der Waals surface area contributed by atoms with Crippen LogP contribution in [-0.2, 0) is 12.7 Å². The molecule has 8 heteroatoms. The van der Waals surface area contributed by atoms with Crippen LogP contribution in [0.3, 0.4) is 0 Å². The number of halogens is 7. The van der Waals surface area contributed by atoms with Crippen LogP contribution in [0.2, 0.25) is 0 Å². The molecular formula is C12H10F7N. The summed E-state index contributed by atoms with van der Waals surface area (Å²) in [4.78, 5) is 0. The fraction of sp³-hybridized carbons (Fsp3) is 0.500. The van der Waals surface area contributed by atoms with Crippen LogP contribution in [0.15, 0.2) is 18.2 Å². The molecule has 1 aromatic carbocycles. The van der Waals surface area contributed by atoms with E-state index in [2.05, 4.69) is 5.32 Å². The summed E-state index contributed by atoms with van der Waals surface area (Å²) < 4.78 is 88.3. The van der Waals surface area contributed by atoms with E-state index in [0.29, 0.717) is 12.1 Å². The van der Waals surface area contributed by atoms with Crippen LogP contribution in [0.4, 0.5) is 30.7 Å². The fourth-order valence-corrected chi connectivity index (χ4v) is 1.86. The van der Waals surface area contributed by atoms with E-state index >= 15 is 0 Å². The molecule has 0 atom stereocenters. The normalized spacial score (nSPS) is 18.1. The number of rotatable bonds is 3. The third-order valence-electron chi connectivity index (χ3n) is 3.26. The smallest absolute Gasteiger partial charge is 0.299 e. The summed E-state index contributed by atoms with van der Waals surface area (Å²) in [6.45, 7) is -0.400. The van der Waals surface area contributed by atoms with Gasteiger partial charge in [0.2, 0.25) is 0 Å². The highest BCUT2D eigenvalue weighted by atomic mass is 19.4. The van der Waals surface area contributed by atoms with Crippen molar-refractivity contribution in [3.05, 3.63) is 35.1 Å². The topological polar surface area (TPSA) is 12.0 Å². The molecule has 1 fully saturated rings. The predicted molar refractivity (Wildman–Crippen MR) is 56.3 cm³/mol. The molecule has 0 saturated heterocycles. The summed E-state index contributed by atoms with van der Waals surface area (Å²) >= 11 is 0. The van der Waals surface area contributed by atoms with E-state index in [1.54, 1.807) is 0 Å². The Hall–Kier alpha value is -1.31. The molecule has 20 heavy (non-hydrogen) atoms. The highest BCUT2D eigenvalue weighted by Gasteiger charge is 2.62. The van der Waals surface area contributed by atoms with Gasteiger partial charge in [-0.2, -0.15) is 26.3 Å². The molecule has 0 unspecified atom stereocenters. The summed E-state index contributed by atoms with van der Waals surface area (Å²) in [7, 11) is 0. The van der Waals surface area contributed by atoms with Crippen molar-refractivity contribution in [2.45, 2.75) is 37.3 Å². The van der Waals surface area contributed by atoms with Gasteiger partial charge in [-0.3, -0.25) is 5.32 Å². The van der Waals surface area contributed by atoms with Gasteiger partial charge in [0.25, 0.3) is 0 Å². The average molecular weight is 301 g/mol. The Morgan fingerprint density at radius 2 is 1.65 bits per heavy atom. The average Bonchev–Trinajstić information content (AvgIpc) is 3.06. The van der Waals surface area contributed by atoms with Gasteiger partial charge >= 0.3 is 12.4 Å². The lowest BCUT2D eigenvalue weighted by molar-refractivity contribution is -0.166. The Bertz CT molecular complexity index is 500. The molecule has 0 bridgehead atoms. The summed E-state index contributed by atoms with van der Waals surface area (Å²) in [6.07, 6.45) is -9.53. The minimum atomic E-state index is -4.87. The Balaban J connectivity index is 2.12. The zero-order chi connectivity index (χ0) is 15.2. The van der Waals surface area contributed by atoms with Crippen molar-refractivity contribution in [1.82, 2.24) is 5.32 Å². The highest BCUT2D eigenvalue weighted by Crippen LogP contribution is 2.49. The van der Waals surface area contributed by atoms with E-state index in [1.807, 2.05) is 0 Å². The molecular weight excluding hydrogens is 291 g/mol. The van der Waals surface area contributed by atoms with Crippen molar-refractivity contribution < 1.29 is 30.7 Å². The van der Waals surface area contributed by atoms with Crippen molar-refractivity contribution in [3.63, 3.8) is 0 Å². The minimum Gasteiger partial charge on any atom is -0.299 e. The van der Waals surface area contributed by atoms with E-state index in [0.717, 1.165) is 6.07 Å². The van der Waals surface area contributed by atoms with Crippen LogP contribution in [0.5, 0.6) is 0 Å².